The van der Waals surface area contributed by atoms with Gasteiger partial charge in [0.2, 0.25) is 0 Å². The molecule has 2 aliphatic rings. The van der Waals surface area contributed by atoms with Crippen LogP contribution in [-0.2, 0) is 6.42 Å². The second-order valence-corrected chi connectivity index (χ2v) is 9.89. The first-order valence-electron chi connectivity index (χ1n) is 12.7. The number of allylic oxidation sites excluding steroid dienone is 5. The summed E-state index contributed by atoms with van der Waals surface area (Å²) in [4.78, 5) is 0. The second kappa shape index (κ2) is 11.3. The maximum absolute atomic E-state index is 15.1. The fourth-order valence-corrected chi connectivity index (χ4v) is 5.81. The molecule has 2 aliphatic carbocycles. The van der Waals surface area contributed by atoms with Gasteiger partial charge in [0.25, 0.3) is 0 Å². The molecule has 4 rings (SSSR count). The molecule has 0 amide bonds. The van der Waals surface area contributed by atoms with Crippen molar-refractivity contribution in [1.82, 2.24) is 0 Å². The first kappa shape index (κ1) is 24.6. The van der Waals surface area contributed by atoms with Gasteiger partial charge in [-0.2, -0.15) is 0 Å². The van der Waals surface area contributed by atoms with E-state index in [1.54, 1.807) is 30.3 Å². The number of benzene rings is 2. The minimum absolute atomic E-state index is 0.106. The molecule has 2 unspecified atom stereocenters. The molecule has 0 radical (unpaired) electrons. The van der Waals surface area contributed by atoms with E-state index in [1.807, 2.05) is 0 Å². The van der Waals surface area contributed by atoms with E-state index in [2.05, 4.69) is 37.8 Å². The Morgan fingerprint density at radius 2 is 1.71 bits per heavy atom. The minimum atomic E-state index is -0.911. The van der Waals surface area contributed by atoms with Gasteiger partial charge in [-0.25, -0.2) is 13.2 Å². The Kier molecular flexibility index (Phi) is 8.13. The molecule has 0 spiro atoms. The molecule has 34 heavy (non-hydrogen) atoms. The SMILES string of the molecule is C=CCCc1ccc(-c2ccc(C3CCC(C4C=CC(/C=C/C)CC4)CC3)c(F)c2)c(F)c1F. The lowest BCUT2D eigenvalue weighted by Gasteiger charge is -2.35. The van der Waals surface area contributed by atoms with Crippen molar-refractivity contribution in [2.75, 3.05) is 0 Å². The molecule has 0 N–H and O–H groups in total. The van der Waals surface area contributed by atoms with Crippen molar-refractivity contribution in [1.29, 1.82) is 0 Å². The Balaban J connectivity index is 1.42. The standard InChI is InChI=1S/C31H35F3/c1-3-5-7-25-16-19-28(31(34)30(25)33)26-17-18-27(29(32)20-26)24-14-12-23(13-15-24)22-10-8-21(6-4-2)9-11-22/h3-4,6,8,10,16-24H,1,5,7,9,11-15H2,2H3/b6-4+. The van der Waals surface area contributed by atoms with Crippen LogP contribution in [0.2, 0.25) is 0 Å². The van der Waals surface area contributed by atoms with Crippen molar-refractivity contribution in [3.05, 3.63) is 95.9 Å². The zero-order valence-electron chi connectivity index (χ0n) is 20.1. The number of hydrogen-bond donors (Lipinski definition) is 0. The third-order valence-corrected chi connectivity index (χ3v) is 7.79. The van der Waals surface area contributed by atoms with Gasteiger partial charge < -0.3 is 0 Å². The lowest BCUT2D eigenvalue weighted by atomic mass is 9.70. The summed E-state index contributed by atoms with van der Waals surface area (Å²) in [6, 6.07) is 8.02. The van der Waals surface area contributed by atoms with Crippen LogP contribution in [0.25, 0.3) is 11.1 Å². The average Bonchev–Trinajstić information content (AvgIpc) is 2.86. The van der Waals surface area contributed by atoms with Crippen LogP contribution in [0, 0.1) is 35.2 Å². The summed E-state index contributed by atoms with van der Waals surface area (Å²) in [6.07, 6.45) is 18.4. The first-order valence-corrected chi connectivity index (χ1v) is 12.7. The van der Waals surface area contributed by atoms with Crippen LogP contribution in [0.15, 0.2) is 67.3 Å². The number of hydrogen-bond acceptors (Lipinski definition) is 0. The Hall–Kier alpha value is -2.55. The van der Waals surface area contributed by atoms with E-state index in [1.165, 1.54) is 18.9 Å². The van der Waals surface area contributed by atoms with Crippen molar-refractivity contribution < 1.29 is 13.2 Å². The molecule has 3 heteroatoms. The topological polar surface area (TPSA) is 0 Å². The van der Waals surface area contributed by atoms with E-state index in [9.17, 15) is 8.78 Å². The second-order valence-electron chi connectivity index (χ2n) is 9.89. The summed E-state index contributed by atoms with van der Waals surface area (Å²) in [6.45, 7) is 5.70. The molecule has 0 nitrogen and oxygen atoms in total. The van der Waals surface area contributed by atoms with Crippen molar-refractivity contribution in [2.24, 2.45) is 17.8 Å². The fourth-order valence-electron chi connectivity index (χ4n) is 5.81. The van der Waals surface area contributed by atoms with Gasteiger partial charge in [-0.1, -0.05) is 54.6 Å². The average molecular weight is 465 g/mol. The van der Waals surface area contributed by atoms with Gasteiger partial charge in [0.05, 0.1) is 0 Å². The molecule has 1 saturated carbocycles. The van der Waals surface area contributed by atoms with E-state index >= 15 is 4.39 Å². The van der Waals surface area contributed by atoms with Crippen LogP contribution in [-0.4, -0.2) is 0 Å². The fraction of sp³-hybridized carbons (Fsp3) is 0.419. The highest BCUT2D eigenvalue weighted by molar-refractivity contribution is 5.65. The first-order chi connectivity index (χ1) is 16.5. The third kappa shape index (κ3) is 5.40. The van der Waals surface area contributed by atoms with Crippen LogP contribution in [0.4, 0.5) is 13.2 Å². The summed E-state index contributed by atoms with van der Waals surface area (Å²) in [5.74, 6) is 0.00839. The molecule has 0 saturated heterocycles. The van der Waals surface area contributed by atoms with Gasteiger partial charge in [0, 0.05) is 5.56 Å². The van der Waals surface area contributed by atoms with Gasteiger partial charge in [0.15, 0.2) is 11.6 Å². The molecule has 0 aromatic heterocycles. The largest absolute Gasteiger partial charge is 0.207 e. The van der Waals surface area contributed by atoms with Gasteiger partial charge in [-0.15, -0.1) is 6.58 Å². The van der Waals surface area contributed by atoms with E-state index in [4.69, 9.17) is 0 Å². The summed E-state index contributed by atoms with van der Waals surface area (Å²) < 4.78 is 44.3. The lowest BCUT2D eigenvalue weighted by Crippen LogP contribution is -2.22. The highest BCUT2D eigenvalue weighted by atomic mass is 19.2. The molecule has 0 aliphatic heterocycles. The normalized spacial score (nSPS) is 25.1. The maximum Gasteiger partial charge on any atom is 0.166 e. The molecule has 1 fully saturated rings. The highest BCUT2D eigenvalue weighted by Gasteiger charge is 2.30. The van der Waals surface area contributed by atoms with Crippen LogP contribution < -0.4 is 0 Å². The smallest absolute Gasteiger partial charge is 0.166 e. The predicted octanol–water partition coefficient (Wildman–Crippen LogP) is 9.32. The minimum Gasteiger partial charge on any atom is -0.207 e. The van der Waals surface area contributed by atoms with Crippen molar-refractivity contribution >= 4 is 0 Å². The van der Waals surface area contributed by atoms with Gasteiger partial charge in [-0.05, 0) is 105 Å². The maximum atomic E-state index is 15.1. The molecule has 2 atom stereocenters. The third-order valence-electron chi connectivity index (χ3n) is 7.79. The zero-order valence-corrected chi connectivity index (χ0v) is 20.1. The molecular weight excluding hydrogens is 429 g/mol. The number of aryl methyl sites for hydroxylation is 1. The lowest BCUT2D eigenvalue weighted by molar-refractivity contribution is 0.243. The van der Waals surface area contributed by atoms with Crippen molar-refractivity contribution in [2.45, 2.75) is 64.2 Å². The van der Waals surface area contributed by atoms with E-state index in [0.717, 1.165) is 25.7 Å². The quantitative estimate of drug-likeness (QED) is 0.358. The summed E-state index contributed by atoms with van der Waals surface area (Å²) in [5, 5.41) is 0. The van der Waals surface area contributed by atoms with Crippen LogP contribution in [0.3, 0.4) is 0 Å². The predicted molar refractivity (Wildman–Crippen MR) is 135 cm³/mol. The monoisotopic (exact) mass is 464 g/mol. The summed E-state index contributed by atoms with van der Waals surface area (Å²) in [5.41, 5.74) is 1.51. The van der Waals surface area contributed by atoms with Crippen LogP contribution >= 0.6 is 0 Å². The van der Waals surface area contributed by atoms with E-state index in [-0.39, 0.29) is 17.3 Å². The van der Waals surface area contributed by atoms with Gasteiger partial charge in [0.1, 0.15) is 5.82 Å². The van der Waals surface area contributed by atoms with Crippen LogP contribution in [0.1, 0.15) is 68.9 Å². The molecule has 0 heterocycles. The Morgan fingerprint density at radius 3 is 2.35 bits per heavy atom. The Morgan fingerprint density at radius 1 is 0.912 bits per heavy atom. The van der Waals surface area contributed by atoms with Gasteiger partial charge in [-0.3, -0.25) is 0 Å². The molecule has 0 bridgehead atoms. The number of halogens is 3. The van der Waals surface area contributed by atoms with Crippen molar-refractivity contribution in [3.8, 4) is 11.1 Å². The molecular formula is C31H35F3. The molecule has 180 valence electrons. The zero-order chi connectivity index (χ0) is 24.1. The van der Waals surface area contributed by atoms with Crippen molar-refractivity contribution in [3.63, 3.8) is 0 Å². The molecule has 2 aromatic rings. The summed E-state index contributed by atoms with van der Waals surface area (Å²) >= 11 is 0. The van der Waals surface area contributed by atoms with E-state index in [0.29, 0.717) is 47.3 Å². The number of rotatable bonds is 7. The van der Waals surface area contributed by atoms with Gasteiger partial charge >= 0.3 is 0 Å². The molecule has 2 aromatic carbocycles. The summed E-state index contributed by atoms with van der Waals surface area (Å²) in [7, 11) is 0. The van der Waals surface area contributed by atoms with E-state index < -0.39 is 11.6 Å². The Bertz CT molecular complexity index is 1060. The van der Waals surface area contributed by atoms with Crippen LogP contribution in [0.5, 0.6) is 0 Å². The Labute approximate surface area is 202 Å². The highest BCUT2D eigenvalue weighted by Crippen LogP contribution is 2.43.